The molecule has 1 N–H and O–H groups in total. The van der Waals surface area contributed by atoms with E-state index in [1.165, 1.54) is 17.2 Å². The number of para-hydroxylation sites is 1. The van der Waals surface area contributed by atoms with Crippen LogP contribution in [0.1, 0.15) is 5.56 Å². The number of nitrogens with one attached hydrogen (secondary N) is 1. The van der Waals surface area contributed by atoms with Crippen LogP contribution < -0.4 is 11.2 Å². The van der Waals surface area contributed by atoms with Crippen molar-refractivity contribution in [2.24, 2.45) is 0 Å². The predicted molar refractivity (Wildman–Crippen MR) is 122 cm³/mol. The highest BCUT2D eigenvalue weighted by atomic mass is 35.5. The topological polar surface area (TPSA) is 93.0 Å². The van der Waals surface area contributed by atoms with Crippen molar-refractivity contribution in [2.75, 3.05) is 7.05 Å². The summed E-state index contributed by atoms with van der Waals surface area (Å²) in [6.07, 6.45) is 3.19. The lowest BCUT2D eigenvalue weighted by Gasteiger charge is -2.17. The Hall–Kier alpha value is -3.91. The monoisotopic (exact) mass is 449 g/mol. The fraction of sp³-hybridized carbons (Fsp3) is 0.130. The molecule has 0 saturated heterocycles. The Labute approximate surface area is 188 Å². The fourth-order valence-electron chi connectivity index (χ4n) is 3.27. The number of halogens is 1. The minimum absolute atomic E-state index is 0.185. The van der Waals surface area contributed by atoms with Gasteiger partial charge in [0.05, 0.1) is 11.4 Å². The summed E-state index contributed by atoms with van der Waals surface area (Å²) in [6.45, 7) is 0.0942. The molecule has 0 bridgehead atoms. The first-order valence-electron chi connectivity index (χ1n) is 9.84. The number of aromatic nitrogens is 4. The van der Waals surface area contributed by atoms with Gasteiger partial charge in [0.2, 0.25) is 5.91 Å². The van der Waals surface area contributed by atoms with Gasteiger partial charge in [-0.3, -0.25) is 19.1 Å². The Bertz CT molecular complexity index is 1360. The molecule has 0 aliphatic rings. The van der Waals surface area contributed by atoms with E-state index in [4.69, 9.17) is 16.7 Å². The number of H-pyrrole nitrogens is 1. The minimum Gasteiger partial charge on any atom is -0.340 e. The van der Waals surface area contributed by atoms with Gasteiger partial charge >= 0.3 is 5.69 Å². The van der Waals surface area contributed by atoms with Crippen molar-refractivity contribution in [1.82, 2.24) is 24.2 Å². The predicted octanol–water partition coefficient (Wildman–Crippen LogP) is 2.70. The molecule has 2 aromatic carbocycles. The van der Waals surface area contributed by atoms with Gasteiger partial charge in [-0.15, -0.1) is 0 Å². The van der Waals surface area contributed by atoms with Gasteiger partial charge in [-0.25, -0.2) is 9.48 Å². The Morgan fingerprint density at radius 1 is 1.06 bits per heavy atom. The summed E-state index contributed by atoms with van der Waals surface area (Å²) in [6, 6.07) is 18.2. The molecular weight excluding hydrogens is 430 g/mol. The van der Waals surface area contributed by atoms with Crippen LogP contribution in [0.4, 0.5) is 0 Å². The van der Waals surface area contributed by atoms with Crippen LogP contribution in [0.5, 0.6) is 0 Å². The molecule has 0 spiro atoms. The standard InChI is InChI=1S/C23H20ClN5O3/c1-27(21(31)15-28-12-11-20(30)25-23(28)32)13-17-14-29(19-5-3-2-4-6-19)26-22(17)16-7-9-18(24)10-8-16/h2-12,14H,13,15H2,1H3,(H,25,30,32). The number of hydrogen-bond donors (Lipinski definition) is 1. The van der Waals surface area contributed by atoms with E-state index in [0.29, 0.717) is 5.02 Å². The Balaban J connectivity index is 1.63. The summed E-state index contributed by atoms with van der Waals surface area (Å²) in [4.78, 5) is 39.5. The number of benzene rings is 2. The second kappa shape index (κ2) is 9.07. The molecule has 1 amide bonds. The molecule has 0 atom stereocenters. The SMILES string of the molecule is CN(Cc1cn(-c2ccccc2)nc1-c1ccc(Cl)cc1)C(=O)Cn1ccc(=O)[nH]c1=O. The molecule has 2 heterocycles. The lowest BCUT2D eigenvalue weighted by Crippen LogP contribution is -2.36. The molecular formula is C23H20ClN5O3. The third-order valence-electron chi connectivity index (χ3n) is 4.96. The Morgan fingerprint density at radius 3 is 2.47 bits per heavy atom. The van der Waals surface area contributed by atoms with Crippen LogP contribution in [0.2, 0.25) is 5.02 Å². The zero-order valence-electron chi connectivity index (χ0n) is 17.2. The number of carbonyl (C=O) groups excluding carboxylic acids is 1. The summed E-state index contributed by atoms with van der Waals surface area (Å²) in [7, 11) is 1.66. The van der Waals surface area contributed by atoms with Crippen molar-refractivity contribution in [3.8, 4) is 16.9 Å². The molecule has 0 aliphatic carbocycles. The van der Waals surface area contributed by atoms with Gasteiger partial charge in [-0.2, -0.15) is 5.10 Å². The largest absolute Gasteiger partial charge is 0.340 e. The average molecular weight is 450 g/mol. The van der Waals surface area contributed by atoms with E-state index < -0.39 is 11.2 Å². The van der Waals surface area contributed by atoms with E-state index in [2.05, 4.69) is 4.98 Å². The van der Waals surface area contributed by atoms with Gasteiger partial charge in [0.15, 0.2) is 0 Å². The smallest absolute Gasteiger partial charge is 0.328 e. The second-order valence-corrected chi connectivity index (χ2v) is 7.71. The molecule has 8 nitrogen and oxygen atoms in total. The van der Waals surface area contributed by atoms with E-state index in [1.54, 1.807) is 23.9 Å². The van der Waals surface area contributed by atoms with Crippen LogP contribution in [0.3, 0.4) is 0 Å². The van der Waals surface area contributed by atoms with Gasteiger partial charge < -0.3 is 4.90 Å². The molecule has 32 heavy (non-hydrogen) atoms. The van der Waals surface area contributed by atoms with Gasteiger partial charge in [-0.1, -0.05) is 41.9 Å². The minimum atomic E-state index is -0.627. The number of likely N-dealkylation sites (N-methyl/N-ethyl adjacent to an activating group) is 1. The van der Waals surface area contributed by atoms with Crippen LogP contribution in [-0.4, -0.2) is 37.2 Å². The van der Waals surface area contributed by atoms with Crippen LogP contribution >= 0.6 is 11.6 Å². The van der Waals surface area contributed by atoms with Crippen molar-refractivity contribution in [3.63, 3.8) is 0 Å². The fourth-order valence-corrected chi connectivity index (χ4v) is 3.39. The van der Waals surface area contributed by atoms with E-state index >= 15 is 0 Å². The summed E-state index contributed by atoms with van der Waals surface area (Å²) < 4.78 is 2.93. The number of nitrogens with zero attached hydrogens (tertiary/aromatic N) is 4. The summed E-state index contributed by atoms with van der Waals surface area (Å²) >= 11 is 6.04. The van der Waals surface area contributed by atoms with E-state index in [1.807, 2.05) is 48.7 Å². The maximum absolute atomic E-state index is 12.8. The van der Waals surface area contributed by atoms with E-state index in [-0.39, 0.29) is 19.0 Å². The zero-order valence-corrected chi connectivity index (χ0v) is 18.0. The molecule has 0 radical (unpaired) electrons. The molecule has 9 heteroatoms. The van der Waals surface area contributed by atoms with Gasteiger partial charge in [-0.05, 0) is 24.3 Å². The highest BCUT2D eigenvalue weighted by Crippen LogP contribution is 2.26. The van der Waals surface area contributed by atoms with Crippen molar-refractivity contribution >= 4 is 17.5 Å². The quantitative estimate of drug-likeness (QED) is 0.489. The van der Waals surface area contributed by atoms with E-state index in [9.17, 15) is 14.4 Å². The van der Waals surface area contributed by atoms with Crippen LogP contribution in [0, 0.1) is 0 Å². The van der Waals surface area contributed by atoms with Crippen molar-refractivity contribution in [1.29, 1.82) is 0 Å². The Morgan fingerprint density at radius 2 is 1.78 bits per heavy atom. The lowest BCUT2D eigenvalue weighted by molar-refractivity contribution is -0.131. The molecule has 2 aromatic heterocycles. The lowest BCUT2D eigenvalue weighted by atomic mass is 10.1. The van der Waals surface area contributed by atoms with Crippen LogP contribution in [-0.2, 0) is 17.9 Å². The maximum atomic E-state index is 12.8. The highest BCUT2D eigenvalue weighted by Gasteiger charge is 2.17. The third kappa shape index (κ3) is 4.70. The number of carbonyl (C=O) groups is 1. The van der Waals surface area contributed by atoms with Gasteiger partial charge in [0.1, 0.15) is 6.54 Å². The van der Waals surface area contributed by atoms with Crippen LogP contribution in [0.15, 0.2) is 82.6 Å². The zero-order chi connectivity index (χ0) is 22.7. The highest BCUT2D eigenvalue weighted by molar-refractivity contribution is 6.30. The number of aromatic amines is 1. The summed E-state index contributed by atoms with van der Waals surface area (Å²) in [5.41, 5.74) is 2.19. The van der Waals surface area contributed by atoms with Crippen molar-refractivity contribution in [3.05, 3.63) is 104 Å². The van der Waals surface area contributed by atoms with Crippen molar-refractivity contribution in [2.45, 2.75) is 13.1 Å². The first-order valence-corrected chi connectivity index (χ1v) is 10.2. The first-order chi connectivity index (χ1) is 15.4. The first kappa shape index (κ1) is 21.3. The Kier molecular flexibility index (Phi) is 6.04. The van der Waals surface area contributed by atoms with Gasteiger partial charge in [0.25, 0.3) is 5.56 Å². The molecule has 0 fully saturated rings. The summed E-state index contributed by atoms with van der Waals surface area (Å²) in [5.74, 6) is -0.284. The third-order valence-corrected chi connectivity index (χ3v) is 5.22. The number of rotatable bonds is 6. The number of amides is 1. The second-order valence-electron chi connectivity index (χ2n) is 7.28. The molecule has 162 valence electrons. The molecule has 0 aliphatic heterocycles. The van der Waals surface area contributed by atoms with Crippen molar-refractivity contribution < 1.29 is 4.79 Å². The average Bonchev–Trinajstić information content (AvgIpc) is 3.20. The van der Waals surface area contributed by atoms with Crippen LogP contribution in [0.25, 0.3) is 16.9 Å². The molecule has 0 saturated carbocycles. The molecule has 4 aromatic rings. The van der Waals surface area contributed by atoms with Gasteiger partial charge in [0, 0.05) is 48.2 Å². The molecule has 4 rings (SSSR count). The number of hydrogen-bond acceptors (Lipinski definition) is 4. The summed E-state index contributed by atoms with van der Waals surface area (Å²) in [5, 5.41) is 5.36. The van der Waals surface area contributed by atoms with E-state index in [0.717, 1.165) is 27.1 Å². The normalized spacial score (nSPS) is 10.8. The maximum Gasteiger partial charge on any atom is 0.328 e. The molecule has 0 unspecified atom stereocenters.